The first kappa shape index (κ1) is 16.4. The number of rotatable bonds is 5. The Balaban J connectivity index is 1.57. The van der Waals surface area contributed by atoms with Gasteiger partial charge in [0.2, 0.25) is 5.91 Å². The van der Waals surface area contributed by atoms with Gasteiger partial charge in [-0.15, -0.1) is 0 Å². The normalized spacial score (nSPS) is 25.9. The van der Waals surface area contributed by atoms with Crippen LogP contribution in [0.25, 0.3) is 0 Å². The lowest BCUT2D eigenvalue weighted by molar-refractivity contribution is -0.137. The van der Waals surface area contributed by atoms with Crippen molar-refractivity contribution in [1.82, 2.24) is 24.9 Å². The number of methoxy groups -OCH3 is 1. The quantitative estimate of drug-likeness (QED) is 0.793. The van der Waals surface area contributed by atoms with Crippen molar-refractivity contribution in [1.29, 1.82) is 0 Å². The highest BCUT2D eigenvalue weighted by atomic mass is 16.5. The number of hydrogen-bond donors (Lipinski definition) is 1. The molecule has 3 rings (SSSR count). The van der Waals surface area contributed by atoms with Crippen LogP contribution in [0.15, 0.2) is 12.4 Å². The zero-order valence-corrected chi connectivity index (χ0v) is 14.1. The highest BCUT2D eigenvalue weighted by Gasteiger charge is 2.37. The minimum Gasteiger partial charge on any atom is -0.383 e. The van der Waals surface area contributed by atoms with Gasteiger partial charge in [0, 0.05) is 72.1 Å². The van der Waals surface area contributed by atoms with Crippen LogP contribution in [0, 0.1) is 5.92 Å². The van der Waals surface area contributed by atoms with Gasteiger partial charge in [-0.2, -0.15) is 5.10 Å². The number of aromatic nitrogens is 2. The third kappa shape index (κ3) is 3.73. The Morgan fingerprint density at radius 3 is 2.78 bits per heavy atom. The number of piperazine rings is 1. The number of hydrogen-bond acceptors (Lipinski definition) is 5. The van der Waals surface area contributed by atoms with E-state index in [2.05, 4.69) is 15.3 Å². The second kappa shape index (κ2) is 7.42. The molecular weight excluding hydrogens is 294 g/mol. The van der Waals surface area contributed by atoms with E-state index in [1.54, 1.807) is 7.11 Å². The summed E-state index contributed by atoms with van der Waals surface area (Å²) in [6, 6.07) is 0. The van der Waals surface area contributed by atoms with Crippen molar-refractivity contribution >= 4 is 5.91 Å². The Morgan fingerprint density at radius 1 is 1.35 bits per heavy atom. The van der Waals surface area contributed by atoms with Gasteiger partial charge in [0.15, 0.2) is 0 Å². The van der Waals surface area contributed by atoms with Crippen LogP contribution in [0.3, 0.4) is 0 Å². The summed E-state index contributed by atoms with van der Waals surface area (Å²) in [6.45, 7) is 6.83. The van der Waals surface area contributed by atoms with E-state index < -0.39 is 0 Å². The SMILES string of the molecule is COCCN1CCN(C(=O)[C@H]2CNC[C@@H]2c2cnn(C)c2)CC1. The van der Waals surface area contributed by atoms with Crippen molar-refractivity contribution in [2.75, 3.05) is 59.5 Å². The predicted molar refractivity (Wildman–Crippen MR) is 87.2 cm³/mol. The number of amides is 1. The minimum atomic E-state index is 0.0322. The average Bonchev–Trinajstić information content (AvgIpc) is 3.21. The van der Waals surface area contributed by atoms with E-state index in [4.69, 9.17) is 4.74 Å². The topological polar surface area (TPSA) is 62.6 Å². The van der Waals surface area contributed by atoms with Gasteiger partial charge in [-0.25, -0.2) is 0 Å². The standard InChI is InChI=1S/C16H27N5O2/c1-19-12-13(9-18-19)14-10-17-11-15(14)16(22)21-5-3-20(4-6-21)7-8-23-2/h9,12,14-15,17H,3-8,10-11H2,1-2H3/t14-,15+/m1/s1. The molecule has 1 amide bonds. The highest BCUT2D eigenvalue weighted by Crippen LogP contribution is 2.29. The maximum absolute atomic E-state index is 12.9. The summed E-state index contributed by atoms with van der Waals surface area (Å²) >= 11 is 0. The molecule has 23 heavy (non-hydrogen) atoms. The van der Waals surface area contributed by atoms with Crippen LogP contribution in [0.4, 0.5) is 0 Å². The first-order chi connectivity index (χ1) is 11.2. The lowest BCUT2D eigenvalue weighted by Gasteiger charge is -2.36. The number of aryl methyl sites for hydroxylation is 1. The smallest absolute Gasteiger partial charge is 0.227 e. The number of carbonyl (C=O) groups is 1. The Bertz CT molecular complexity index is 524. The molecule has 3 heterocycles. The van der Waals surface area contributed by atoms with E-state index in [0.717, 1.165) is 58.0 Å². The molecule has 0 saturated carbocycles. The summed E-state index contributed by atoms with van der Waals surface area (Å²) in [7, 11) is 3.65. The Morgan fingerprint density at radius 2 is 2.13 bits per heavy atom. The van der Waals surface area contributed by atoms with E-state index >= 15 is 0 Å². The molecule has 0 bridgehead atoms. The van der Waals surface area contributed by atoms with Gasteiger partial charge < -0.3 is 15.0 Å². The van der Waals surface area contributed by atoms with Crippen LogP contribution >= 0.6 is 0 Å². The zero-order valence-electron chi connectivity index (χ0n) is 14.1. The molecule has 1 aromatic heterocycles. The van der Waals surface area contributed by atoms with E-state index in [0.29, 0.717) is 0 Å². The van der Waals surface area contributed by atoms with Crippen LogP contribution in [0.2, 0.25) is 0 Å². The fraction of sp³-hybridized carbons (Fsp3) is 0.750. The van der Waals surface area contributed by atoms with Crippen molar-refractivity contribution in [3.63, 3.8) is 0 Å². The van der Waals surface area contributed by atoms with Crippen LogP contribution in [0.5, 0.6) is 0 Å². The lowest BCUT2D eigenvalue weighted by atomic mass is 9.89. The van der Waals surface area contributed by atoms with Crippen LogP contribution < -0.4 is 5.32 Å². The number of carbonyl (C=O) groups excluding carboxylic acids is 1. The average molecular weight is 321 g/mol. The molecule has 128 valence electrons. The third-order valence-electron chi connectivity index (χ3n) is 4.98. The summed E-state index contributed by atoms with van der Waals surface area (Å²) in [4.78, 5) is 17.3. The Labute approximate surface area is 137 Å². The summed E-state index contributed by atoms with van der Waals surface area (Å²) in [5.74, 6) is 0.558. The van der Waals surface area contributed by atoms with Gasteiger partial charge in [-0.3, -0.25) is 14.4 Å². The van der Waals surface area contributed by atoms with Gasteiger partial charge in [-0.1, -0.05) is 0 Å². The molecule has 0 aliphatic carbocycles. The van der Waals surface area contributed by atoms with Gasteiger partial charge in [0.25, 0.3) is 0 Å². The molecule has 2 fully saturated rings. The van der Waals surface area contributed by atoms with Crippen molar-refractivity contribution < 1.29 is 9.53 Å². The fourth-order valence-corrected chi connectivity index (χ4v) is 3.57. The Kier molecular flexibility index (Phi) is 5.30. The van der Waals surface area contributed by atoms with E-state index in [1.165, 1.54) is 0 Å². The van der Waals surface area contributed by atoms with Gasteiger partial charge in [-0.05, 0) is 5.56 Å². The summed E-state index contributed by atoms with van der Waals surface area (Å²) in [5, 5.41) is 7.63. The molecule has 2 atom stereocenters. The second-order valence-electron chi connectivity index (χ2n) is 6.48. The Hall–Kier alpha value is -1.44. The lowest BCUT2D eigenvalue weighted by Crippen LogP contribution is -2.51. The van der Waals surface area contributed by atoms with Crippen molar-refractivity contribution in [3.05, 3.63) is 18.0 Å². The molecule has 1 N–H and O–H groups in total. The van der Waals surface area contributed by atoms with E-state index in [9.17, 15) is 4.79 Å². The second-order valence-corrected chi connectivity index (χ2v) is 6.48. The third-order valence-corrected chi connectivity index (χ3v) is 4.98. The number of ether oxygens (including phenoxy) is 1. The van der Waals surface area contributed by atoms with Gasteiger partial charge in [0.1, 0.15) is 0 Å². The number of nitrogens with one attached hydrogen (secondary N) is 1. The molecular formula is C16H27N5O2. The van der Waals surface area contributed by atoms with Crippen molar-refractivity contribution in [2.45, 2.75) is 5.92 Å². The maximum Gasteiger partial charge on any atom is 0.227 e. The van der Waals surface area contributed by atoms with Crippen molar-refractivity contribution in [2.24, 2.45) is 13.0 Å². The van der Waals surface area contributed by atoms with Crippen LogP contribution in [0.1, 0.15) is 11.5 Å². The molecule has 2 saturated heterocycles. The molecule has 0 spiro atoms. The summed E-state index contributed by atoms with van der Waals surface area (Å²) in [5.41, 5.74) is 1.16. The molecule has 2 aliphatic rings. The molecule has 0 radical (unpaired) electrons. The molecule has 2 aliphatic heterocycles. The van der Waals surface area contributed by atoms with E-state index in [1.807, 2.05) is 29.0 Å². The first-order valence-corrected chi connectivity index (χ1v) is 8.38. The molecule has 1 aromatic rings. The maximum atomic E-state index is 12.9. The first-order valence-electron chi connectivity index (χ1n) is 8.38. The zero-order chi connectivity index (χ0) is 16.2. The van der Waals surface area contributed by atoms with Gasteiger partial charge >= 0.3 is 0 Å². The monoisotopic (exact) mass is 321 g/mol. The predicted octanol–water partition coefficient (Wildman–Crippen LogP) is -0.486. The van der Waals surface area contributed by atoms with Crippen LogP contribution in [-0.2, 0) is 16.6 Å². The molecule has 7 heteroatoms. The minimum absolute atomic E-state index is 0.0322. The van der Waals surface area contributed by atoms with Crippen LogP contribution in [-0.4, -0.2) is 85.0 Å². The highest BCUT2D eigenvalue weighted by molar-refractivity contribution is 5.80. The van der Waals surface area contributed by atoms with E-state index in [-0.39, 0.29) is 17.7 Å². The molecule has 0 aromatic carbocycles. The summed E-state index contributed by atoms with van der Waals surface area (Å²) in [6.07, 6.45) is 3.92. The fourth-order valence-electron chi connectivity index (χ4n) is 3.57. The number of nitrogens with zero attached hydrogens (tertiary/aromatic N) is 4. The van der Waals surface area contributed by atoms with Gasteiger partial charge in [0.05, 0.1) is 18.7 Å². The molecule has 7 nitrogen and oxygen atoms in total. The molecule has 0 unspecified atom stereocenters. The van der Waals surface area contributed by atoms with Crippen molar-refractivity contribution in [3.8, 4) is 0 Å². The largest absolute Gasteiger partial charge is 0.383 e. The summed E-state index contributed by atoms with van der Waals surface area (Å²) < 4.78 is 6.94.